The molecule has 0 atom stereocenters. The number of halogens is 3. The van der Waals surface area contributed by atoms with Crippen molar-refractivity contribution in [3.8, 4) is 0 Å². The Labute approximate surface area is 107 Å². The van der Waals surface area contributed by atoms with Gasteiger partial charge in [0.25, 0.3) is 0 Å². The SMILES string of the molecule is CCC1COC(c2cc(F)c(Br)c(F)c2)OC1. The summed E-state index contributed by atoms with van der Waals surface area (Å²) in [7, 11) is 0. The zero-order valence-electron chi connectivity index (χ0n) is 9.38. The van der Waals surface area contributed by atoms with E-state index in [9.17, 15) is 8.78 Å². The first-order chi connectivity index (χ1) is 8.11. The number of hydrogen-bond donors (Lipinski definition) is 0. The maximum absolute atomic E-state index is 13.3. The van der Waals surface area contributed by atoms with Crippen LogP contribution < -0.4 is 0 Å². The van der Waals surface area contributed by atoms with Crippen molar-refractivity contribution in [1.82, 2.24) is 0 Å². The lowest BCUT2D eigenvalue weighted by Gasteiger charge is -2.29. The van der Waals surface area contributed by atoms with Gasteiger partial charge in [-0.25, -0.2) is 8.78 Å². The highest BCUT2D eigenvalue weighted by atomic mass is 79.9. The summed E-state index contributed by atoms with van der Waals surface area (Å²) in [5, 5.41) is 0. The number of ether oxygens (including phenoxy) is 2. The van der Waals surface area contributed by atoms with Crippen molar-refractivity contribution in [3.05, 3.63) is 33.8 Å². The van der Waals surface area contributed by atoms with Crippen molar-refractivity contribution >= 4 is 15.9 Å². The fourth-order valence-electron chi connectivity index (χ4n) is 1.68. The summed E-state index contributed by atoms with van der Waals surface area (Å²) in [6, 6.07) is 2.45. The van der Waals surface area contributed by atoms with Crippen LogP contribution >= 0.6 is 15.9 Å². The monoisotopic (exact) mass is 306 g/mol. The minimum absolute atomic E-state index is 0.163. The lowest BCUT2D eigenvalue weighted by atomic mass is 10.1. The van der Waals surface area contributed by atoms with Crippen molar-refractivity contribution in [2.24, 2.45) is 5.92 Å². The van der Waals surface area contributed by atoms with Gasteiger partial charge in [-0.2, -0.15) is 0 Å². The molecular weight excluding hydrogens is 294 g/mol. The predicted octanol–water partition coefficient (Wildman–Crippen LogP) is 3.80. The molecule has 2 nitrogen and oxygen atoms in total. The minimum Gasteiger partial charge on any atom is -0.348 e. The van der Waals surface area contributed by atoms with Gasteiger partial charge in [-0.1, -0.05) is 6.92 Å². The van der Waals surface area contributed by atoms with Crippen LogP contribution in [0.15, 0.2) is 16.6 Å². The maximum atomic E-state index is 13.3. The van der Waals surface area contributed by atoms with Crippen LogP contribution in [0.5, 0.6) is 0 Å². The van der Waals surface area contributed by atoms with E-state index in [-0.39, 0.29) is 4.47 Å². The molecule has 1 saturated heterocycles. The van der Waals surface area contributed by atoms with Crippen LogP contribution in [0.3, 0.4) is 0 Å². The Morgan fingerprint density at radius 2 is 1.76 bits per heavy atom. The number of benzene rings is 1. The van der Waals surface area contributed by atoms with Gasteiger partial charge in [-0.05, 0) is 34.5 Å². The lowest BCUT2D eigenvalue weighted by molar-refractivity contribution is -0.205. The second kappa shape index (κ2) is 5.42. The van der Waals surface area contributed by atoms with Gasteiger partial charge in [0.1, 0.15) is 11.6 Å². The maximum Gasteiger partial charge on any atom is 0.184 e. The number of rotatable bonds is 2. The summed E-state index contributed by atoms with van der Waals surface area (Å²) in [5.74, 6) is -0.939. The Balaban J connectivity index is 2.13. The summed E-state index contributed by atoms with van der Waals surface area (Å²) in [4.78, 5) is 0. The third-order valence-corrected chi connectivity index (χ3v) is 3.58. The molecule has 0 bridgehead atoms. The highest BCUT2D eigenvalue weighted by Crippen LogP contribution is 2.30. The molecule has 0 radical (unpaired) electrons. The minimum atomic E-state index is -0.671. The van der Waals surface area contributed by atoms with Crippen molar-refractivity contribution in [2.75, 3.05) is 13.2 Å². The van der Waals surface area contributed by atoms with Crippen LogP contribution in [0.25, 0.3) is 0 Å². The fraction of sp³-hybridized carbons (Fsp3) is 0.500. The van der Waals surface area contributed by atoms with Crippen LogP contribution in [0.4, 0.5) is 8.78 Å². The second-order valence-electron chi connectivity index (χ2n) is 4.07. The molecule has 17 heavy (non-hydrogen) atoms. The third kappa shape index (κ3) is 2.84. The molecule has 5 heteroatoms. The molecule has 1 aromatic carbocycles. The summed E-state index contributed by atoms with van der Waals surface area (Å²) in [6.07, 6.45) is 0.297. The van der Waals surface area contributed by atoms with Gasteiger partial charge in [0, 0.05) is 11.5 Å². The fourth-order valence-corrected chi connectivity index (χ4v) is 1.91. The molecule has 94 valence electrons. The smallest absolute Gasteiger partial charge is 0.184 e. The molecule has 1 aliphatic rings. The van der Waals surface area contributed by atoms with Gasteiger partial charge in [0.15, 0.2) is 6.29 Å². The van der Waals surface area contributed by atoms with E-state index in [0.717, 1.165) is 6.42 Å². The highest BCUT2D eigenvalue weighted by molar-refractivity contribution is 9.10. The van der Waals surface area contributed by atoms with Crippen LogP contribution in [-0.4, -0.2) is 13.2 Å². The first-order valence-electron chi connectivity index (χ1n) is 5.49. The number of hydrogen-bond acceptors (Lipinski definition) is 2. The lowest BCUT2D eigenvalue weighted by Crippen LogP contribution is -2.26. The molecule has 0 aromatic heterocycles. The van der Waals surface area contributed by atoms with E-state index in [1.807, 2.05) is 0 Å². The van der Waals surface area contributed by atoms with Crippen molar-refractivity contribution in [3.63, 3.8) is 0 Å². The molecule has 0 unspecified atom stereocenters. The Kier molecular flexibility index (Phi) is 4.12. The van der Waals surface area contributed by atoms with E-state index in [2.05, 4.69) is 22.9 Å². The molecule has 0 amide bonds. The molecule has 0 saturated carbocycles. The molecule has 1 heterocycles. The van der Waals surface area contributed by atoms with Crippen LogP contribution in [0, 0.1) is 17.6 Å². The topological polar surface area (TPSA) is 18.5 Å². The van der Waals surface area contributed by atoms with Gasteiger partial charge < -0.3 is 9.47 Å². The largest absolute Gasteiger partial charge is 0.348 e. The van der Waals surface area contributed by atoms with E-state index >= 15 is 0 Å². The molecule has 1 aliphatic heterocycles. The van der Waals surface area contributed by atoms with Gasteiger partial charge in [0.2, 0.25) is 0 Å². The van der Waals surface area contributed by atoms with E-state index in [0.29, 0.717) is 24.7 Å². The molecule has 0 N–H and O–H groups in total. The molecule has 1 fully saturated rings. The molecular formula is C12H13BrF2O2. The third-order valence-electron chi connectivity index (χ3n) is 2.82. The van der Waals surface area contributed by atoms with Gasteiger partial charge in [-0.15, -0.1) is 0 Å². The Bertz CT molecular complexity index is 380. The standard InChI is InChI=1S/C12H13BrF2O2/c1-2-7-5-16-12(17-6-7)8-3-9(14)11(13)10(15)4-8/h3-4,7,12H,2,5-6H2,1H3. The quantitative estimate of drug-likeness (QED) is 0.774. The second-order valence-corrected chi connectivity index (χ2v) is 4.86. The average Bonchev–Trinajstić information content (AvgIpc) is 2.35. The molecule has 0 aliphatic carbocycles. The molecule has 0 spiro atoms. The first-order valence-corrected chi connectivity index (χ1v) is 6.28. The van der Waals surface area contributed by atoms with Crippen LogP contribution in [0.1, 0.15) is 25.2 Å². The van der Waals surface area contributed by atoms with E-state index in [4.69, 9.17) is 9.47 Å². The summed E-state index contributed by atoms with van der Waals surface area (Å²) >= 11 is 2.83. The Hall–Kier alpha value is -0.520. The van der Waals surface area contributed by atoms with Crippen LogP contribution in [-0.2, 0) is 9.47 Å². The van der Waals surface area contributed by atoms with E-state index < -0.39 is 17.9 Å². The summed E-state index contributed by atoms with van der Waals surface area (Å²) in [6.45, 7) is 3.16. The Morgan fingerprint density at radius 3 is 2.24 bits per heavy atom. The summed E-state index contributed by atoms with van der Waals surface area (Å²) in [5.41, 5.74) is 0.373. The zero-order chi connectivity index (χ0) is 12.4. The van der Waals surface area contributed by atoms with Crippen molar-refractivity contribution in [2.45, 2.75) is 19.6 Å². The normalized spacial score (nSPS) is 24.9. The van der Waals surface area contributed by atoms with Gasteiger partial charge in [-0.3, -0.25) is 0 Å². The zero-order valence-corrected chi connectivity index (χ0v) is 11.0. The van der Waals surface area contributed by atoms with Crippen LogP contribution in [0.2, 0.25) is 0 Å². The Morgan fingerprint density at radius 1 is 1.24 bits per heavy atom. The van der Waals surface area contributed by atoms with Crippen molar-refractivity contribution in [1.29, 1.82) is 0 Å². The molecule has 1 aromatic rings. The van der Waals surface area contributed by atoms with Gasteiger partial charge >= 0.3 is 0 Å². The van der Waals surface area contributed by atoms with E-state index in [1.165, 1.54) is 12.1 Å². The predicted molar refractivity (Wildman–Crippen MR) is 62.5 cm³/mol. The van der Waals surface area contributed by atoms with Crippen molar-refractivity contribution < 1.29 is 18.3 Å². The van der Waals surface area contributed by atoms with E-state index in [1.54, 1.807) is 0 Å². The first kappa shape index (κ1) is 12.9. The average molecular weight is 307 g/mol. The van der Waals surface area contributed by atoms with Gasteiger partial charge in [0.05, 0.1) is 17.7 Å². The highest BCUT2D eigenvalue weighted by Gasteiger charge is 2.24. The molecule has 2 rings (SSSR count). The summed E-state index contributed by atoms with van der Waals surface area (Å²) < 4.78 is 37.4.